The standard InChI is InChI=1S/C12H12ClN5S/c13-12-11(16-17-19-12)9-18(6-2-4-14)8-10-3-1-5-15-7-10/h1,3,5,7H,2,6,8-9H2. The molecule has 0 atom stereocenters. The largest absolute Gasteiger partial charge is 0.292 e. The molecule has 0 saturated carbocycles. The van der Waals surface area contributed by atoms with Gasteiger partial charge in [0.25, 0.3) is 0 Å². The lowest BCUT2D eigenvalue weighted by atomic mass is 10.2. The highest BCUT2D eigenvalue weighted by molar-refractivity contribution is 7.10. The number of rotatable bonds is 6. The molecule has 0 radical (unpaired) electrons. The van der Waals surface area contributed by atoms with E-state index < -0.39 is 0 Å². The summed E-state index contributed by atoms with van der Waals surface area (Å²) in [5, 5.41) is 12.7. The molecule has 0 aliphatic carbocycles. The predicted molar refractivity (Wildman–Crippen MR) is 73.5 cm³/mol. The molecule has 7 heteroatoms. The molecule has 2 rings (SSSR count). The molecule has 0 N–H and O–H groups in total. The van der Waals surface area contributed by atoms with E-state index in [1.165, 1.54) is 11.5 Å². The van der Waals surface area contributed by atoms with Gasteiger partial charge in [-0.1, -0.05) is 22.2 Å². The van der Waals surface area contributed by atoms with Crippen molar-refractivity contribution in [2.45, 2.75) is 19.5 Å². The van der Waals surface area contributed by atoms with E-state index in [0.717, 1.165) is 11.3 Å². The van der Waals surface area contributed by atoms with Crippen LogP contribution >= 0.6 is 23.1 Å². The topological polar surface area (TPSA) is 65.7 Å². The molecule has 0 fully saturated rings. The molecule has 0 aliphatic heterocycles. The fourth-order valence-electron chi connectivity index (χ4n) is 1.68. The van der Waals surface area contributed by atoms with E-state index in [-0.39, 0.29) is 0 Å². The molecule has 0 bridgehead atoms. The average Bonchev–Trinajstić information content (AvgIpc) is 2.83. The molecule has 2 heterocycles. The van der Waals surface area contributed by atoms with Crippen molar-refractivity contribution < 1.29 is 0 Å². The minimum atomic E-state index is 0.468. The summed E-state index contributed by atoms with van der Waals surface area (Å²) < 4.78 is 4.42. The van der Waals surface area contributed by atoms with Crippen LogP contribution in [0.4, 0.5) is 0 Å². The Morgan fingerprint density at radius 3 is 2.95 bits per heavy atom. The zero-order chi connectivity index (χ0) is 13.5. The molecule has 0 saturated heterocycles. The number of nitrogens with zero attached hydrogens (tertiary/aromatic N) is 5. The zero-order valence-corrected chi connectivity index (χ0v) is 11.7. The first kappa shape index (κ1) is 13.9. The van der Waals surface area contributed by atoms with Crippen molar-refractivity contribution >= 4 is 23.1 Å². The van der Waals surface area contributed by atoms with Crippen LogP contribution in [0.3, 0.4) is 0 Å². The number of hydrogen-bond donors (Lipinski definition) is 0. The van der Waals surface area contributed by atoms with Crippen molar-refractivity contribution in [3.63, 3.8) is 0 Å². The normalized spacial score (nSPS) is 10.6. The third-order valence-corrected chi connectivity index (χ3v) is 3.54. The lowest BCUT2D eigenvalue weighted by Gasteiger charge is -2.19. The van der Waals surface area contributed by atoms with Gasteiger partial charge in [-0.2, -0.15) is 5.26 Å². The molecule has 2 aromatic heterocycles. The van der Waals surface area contributed by atoms with Crippen LogP contribution in [-0.4, -0.2) is 26.0 Å². The molecule has 2 aromatic rings. The quantitative estimate of drug-likeness (QED) is 0.819. The Morgan fingerprint density at radius 1 is 1.42 bits per heavy atom. The van der Waals surface area contributed by atoms with Gasteiger partial charge >= 0.3 is 0 Å². The molecule has 0 unspecified atom stereocenters. The van der Waals surface area contributed by atoms with Crippen molar-refractivity contribution in [3.05, 3.63) is 40.1 Å². The van der Waals surface area contributed by atoms with Gasteiger partial charge in [0.05, 0.1) is 6.07 Å². The zero-order valence-electron chi connectivity index (χ0n) is 10.2. The Hall–Kier alpha value is -1.55. The summed E-state index contributed by atoms with van der Waals surface area (Å²) >= 11 is 7.19. The Labute approximate surface area is 120 Å². The first-order valence-corrected chi connectivity index (χ1v) is 6.89. The van der Waals surface area contributed by atoms with Crippen molar-refractivity contribution in [1.82, 2.24) is 19.5 Å². The molecule has 0 aliphatic rings. The minimum Gasteiger partial charge on any atom is -0.292 e. The molecule has 0 spiro atoms. The van der Waals surface area contributed by atoms with Crippen molar-refractivity contribution in [2.75, 3.05) is 6.54 Å². The molecule has 5 nitrogen and oxygen atoms in total. The van der Waals surface area contributed by atoms with E-state index in [1.54, 1.807) is 6.20 Å². The second kappa shape index (κ2) is 7.14. The van der Waals surface area contributed by atoms with Gasteiger partial charge in [0.2, 0.25) is 0 Å². The van der Waals surface area contributed by atoms with E-state index in [4.69, 9.17) is 16.9 Å². The first-order valence-electron chi connectivity index (χ1n) is 5.74. The number of nitriles is 1. The maximum Gasteiger partial charge on any atom is 0.138 e. The van der Waals surface area contributed by atoms with Crippen molar-refractivity contribution in [1.29, 1.82) is 5.26 Å². The van der Waals surface area contributed by atoms with Gasteiger partial charge in [0.15, 0.2) is 0 Å². The Bertz CT molecular complexity index is 551. The number of aromatic nitrogens is 3. The summed E-state index contributed by atoms with van der Waals surface area (Å²) in [7, 11) is 0. The molecular formula is C12H12ClN5S. The first-order chi connectivity index (χ1) is 9.29. The van der Waals surface area contributed by atoms with Gasteiger partial charge in [-0.3, -0.25) is 9.88 Å². The highest BCUT2D eigenvalue weighted by Gasteiger charge is 2.12. The molecular weight excluding hydrogens is 282 g/mol. The van der Waals surface area contributed by atoms with Gasteiger partial charge in [0.1, 0.15) is 10.0 Å². The van der Waals surface area contributed by atoms with Gasteiger partial charge in [-0.05, 0) is 11.6 Å². The Balaban J connectivity index is 2.04. The molecule has 0 aromatic carbocycles. The predicted octanol–water partition coefficient (Wildman–Crippen LogP) is 2.50. The summed E-state index contributed by atoms with van der Waals surface area (Å²) in [6, 6.07) is 6.06. The fraction of sp³-hybridized carbons (Fsp3) is 0.333. The van der Waals surface area contributed by atoms with Gasteiger partial charge in [-0.15, -0.1) is 5.10 Å². The molecule has 98 valence electrons. The van der Waals surface area contributed by atoms with Crippen LogP contribution in [0.15, 0.2) is 24.5 Å². The summed E-state index contributed by atoms with van der Waals surface area (Å²) in [4.78, 5) is 6.20. The summed E-state index contributed by atoms with van der Waals surface area (Å²) in [6.45, 7) is 1.97. The van der Waals surface area contributed by atoms with Crippen LogP contribution < -0.4 is 0 Å². The van der Waals surface area contributed by atoms with E-state index in [2.05, 4.69) is 25.5 Å². The highest BCUT2D eigenvalue weighted by Crippen LogP contribution is 2.19. The van der Waals surface area contributed by atoms with E-state index in [0.29, 0.717) is 30.4 Å². The SMILES string of the molecule is N#CCCN(Cc1cccnc1)Cc1nnsc1Cl. The molecule has 19 heavy (non-hydrogen) atoms. The maximum absolute atomic E-state index is 8.72. The van der Waals surface area contributed by atoms with Gasteiger partial charge in [-0.25, -0.2) is 0 Å². The van der Waals surface area contributed by atoms with Crippen LogP contribution in [0.25, 0.3) is 0 Å². The third-order valence-electron chi connectivity index (χ3n) is 2.55. The van der Waals surface area contributed by atoms with Crippen LogP contribution in [-0.2, 0) is 13.1 Å². The monoisotopic (exact) mass is 293 g/mol. The summed E-state index contributed by atoms with van der Waals surface area (Å²) in [5.41, 5.74) is 1.85. The van der Waals surface area contributed by atoms with Crippen LogP contribution in [0.1, 0.15) is 17.7 Å². The highest BCUT2D eigenvalue weighted by atomic mass is 35.5. The number of halogens is 1. The summed E-state index contributed by atoms with van der Waals surface area (Å²) in [6.07, 6.45) is 4.03. The minimum absolute atomic E-state index is 0.468. The van der Waals surface area contributed by atoms with Crippen molar-refractivity contribution in [3.8, 4) is 6.07 Å². The van der Waals surface area contributed by atoms with Crippen LogP contribution in [0, 0.1) is 11.3 Å². The smallest absolute Gasteiger partial charge is 0.138 e. The summed E-state index contributed by atoms with van der Waals surface area (Å²) in [5.74, 6) is 0. The second-order valence-electron chi connectivity index (χ2n) is 3.97. The number of pyridine rings is 1. The fourth-order valence-corrected chi connectivity index (χ4v) is 2.29. The number of hydrogen-bond acceptors (Lipinski definition) is 6. The van der Waals surface area contributed by atoms with Crippen LogP contribution in [0.5, 0.6) is 0 Å². The lowest BCUT2D eigenvalue weighted by molar-refractivity contribution is 0.259. The Kier molecular flexibility index (Phi) is 5.21. The maximum atomic E-state index is 8.72. The second-order valence-corrected chi connectivity index (χ2v) is 5.33. The van der Waals surface area contributed by atoms with E-state index in [9.17, 15) is 0 Å². The average molecular weight is 294 g/mol. The van der Waals surface area contributed by atoms with Crippen LogP contribution in [0.2, 0.25) is 4.34 Å². The molecule has 0 amide bonds. The lowest BCUT2D eigenvalue weighted by Crippen LogP contribution is -2.24. The van der Waals surface area contributed by atoms with Crippen molar-refractivity contribution in [2.24, 2.45) is 0 Å². The van der Waals surface area contributed by atoms with E-state index >= 15 is 0 Å². The van der Waals surface area contributed by atoms with Gasteiger partial charge < -0.3 is 0 Å². The van der Waals surface area contributed by atoms with Gasteiger partial charge in [0, 0.05) is 50.0 Å². The third kappa shape index (κ3) is 4.24. The Morgan fingerprint density at radius 2 is 2.32 bits per heavy atom. The van der Waals surface area contributed by atoms with E-state index in [1.807, 2.05) is 18.3 Å².